The minimum atomic E-state index is -3.00. The molecule has 36 heavy (non-hydrogen) atoms. The van der Waals surface area contributed by atoms with Crippen molar-refractivity contribution in [3.63, 3.8) is 0 Å². The van der Waals surface area contributed by atoms with Crippen LogP contribution in [0, 0.1) is 0 Å². The van der Waals surface area contributed by atoms with Crippen molar-refractivity contribution in [2.24, 2.45) is 0 Å². The van der Waals surface area contributed by atoms with Crippen molar-refractivity contribution in [1.82, 2.24) is 0 Å². The molecule has 0 saturated carbocycles. The van der Waals surface area contributed by atoms with Crippen LogP contribution in [0.3, 0.4) is 0 Å². The first kappa shape index (κ1) is 36.3. The first-order valence-electron chi connectivity index (χ1n) is 14.1. The second kappa shape index (κ2) is 21.2. The van der Waals surface area contributed by atoms with Gasteiger partial charge in [-0.15, -0.1) is 0 Å². The summed E-state index contributed by atoms with van der Waals surface area (Å²) in [5, 5.41) is 0. The summed E-state index contributed by atoms with van der Waals surface area (Å²) in [6, 6.07) is 1.42. The quantitative estimate of drug-likeness (QED) is 0.122. The van der Waals surface area contributed by atoms with E-state index in [0.29, 0.717) is 65.5 Å². The predicted octanol–water partition coefficient (Wildman–Crippen LogP) is 5.67. The van der Waals surface area contributed by atoms with Gasteiger partial charge in [0.15, 0.2) is 0 Å². The van der Waals surface area contributed by atoms with Gasteiger partial charge in [0.1, 0.15) is 0 Å². The Balaban J connectivity index is 5.99. The fraction of sp³-hybridized carbons (Fsp3) is 1.00. The van der Waals surface area contributed by atoms with Gasteiger partial charge in [0, 0.05) is 77.1 Å². The maximum atomic E-state index is 6.35. The minimum absolute atomic E-state index is 0.0576. The van der Waals surface area contributed by atoms with Gasteiger partial charge in [0.25, 0.3) is 0 Å². The molecule has 9 nitrogen and oxygen atoms in total. The third-order valence-corrected chi connectivity index (χ3v) is 15.4. The molecule has 0 aliphatic heterocycles. The van der Waals surface area contributed by atoms with Crippen LogP contribution in [-0.2, 0) is 39.8 Å². The Morgan fingerprint density at radius 2 is 0.694 bits per heavy atom. The minimum Gasteiger partial charge on any atom is -0.374 e. The predicted molar refractivity (Wildman–Crippen MR) is 149 cm³/mol. The van der Waals surface area contributed by atoms with Crippen LogP contribution in [0.2, 0.25) is 17.6 Å². The maximum Gasteiger partial charge on any atom is 0.504 e. The Morgan fingerprint density at radius 3 is 1.00 bits per heavy atom. The molecule has 0 fully saturated rings. The number of rotatable bonds is 26. The molecule has 12 heteroatoms. The van der Waals surface area contributed by atoms with Crippen LogP contribution in [0.1, 0.15) is 81.6 Å². The van der Waals surface area contributed by atoms with Crippen LogP contribution in [0.5, 0.6) is 0 Å². The third-order valence-electron chi connectivity index (χ3n) is 5.56. The van der Waals surface area contributed by atoms with E-state index in [1.165, 1.54) is 0 Å². The molecule has 0 heterocycles. The van der Waals surface area contributed by atoms with Crippen LogP contribution in [0.15, 0.2) is 0 Å². The van der Waals surface area contributed by atoms with Gasteiger partial charge in [-0.05, 0) is 81.6 Å². The molecule has 0 radical (unpaired) electrons. The molecule has 0 rings (SSSR count). The molecule has 0 spiro atoms. The largest absolute Gasteiger partial charge is 0.504 e. The van der Waals surface area contributed by atoms with Crippen LogP contribution in [0.4, 0.5) is 0 Å². The van der Waals surface area contributed by atoms with E-state index in [4.69, 9.17) is 39.8 Å². The SMILES string of the molecule is CCO[Si](CCCC(CC[Si](OCC)(OCC)OCC)[Si](OCC)(OCC)OCC)(OCC)OCC. The van der Waals surface area contributed by atoms with Crippen molar-refractivity contribution in [1.29, 1.82) is 0 Å². The normalized spacial score (nSPS) is 13.9. The average molecular weight is 573 g/mol. The van der Waals surface area contributed by atoms with Crippen molar-refractivity contribution >= 4 is 26.4 Å². The van der Waals surface area contributed by atoms with Gasteiger partial charge in [-0.3, -0.25) is 0 Å². The summed E-state index contributed by atoms with van der Waals surface area (Å²) in [4.78, 5) is 0. The summed E-state index contributed by atoms with van der Waals surface area (Å²) in [6.45, 7) is 22.8. The van der Waals surface area contributed by atoms with Gasteiger partial charge in [0.2, 0.25) is 0 Å². The van der Waals surface area contributed by atoms with E-state index in [0.717, 1.165) is 25.3 Å². The Bertz CT molecular complexity index is 466. The lowest BCUT2D eigenvalue weighted by Gasteiger charge is -2.37. The average Bonchev–Trinajstić information content (AvgIpc) is 2.83. The maximum absolute atomic E-state index is 6.35. The molecule has 0 bridgehead atoms. The van der Waals surface area contributed by atoms with Crippen LogP contribution < -0.4 is 0 Å². The highest BCUT2D eigenvalue weighted by molar-refractivity contribution is 6.64. The third kappa shape index (κ3) is 12.4. The molecule has 0 aromatic carbocycles. The van der Waals surface area contributed by atoms with Crippen LogP contribution in [0.25, 0.3) is 0 Å². The molecule has 0 aliphatic carbocycles. The fourth-order valence-corrected chi connectivity index (χ4v) is 13.4. The van der Waals surface area contributed by atoms with Crippen LogP contribution >= 0.6 is 0 Å². The lowest BCUT2D eigenvalue weighted by atomic mass is 10.2. The molecule has 0 amide bonds. The van der Waals surface area contributed by atoms with Gasteiger partial charge < -0.3 is 39.8 Å². The molecule has 1 atom stereocenters. The molecule has 0 saturated heterocycles. The summed E-state index contributed by atoms with van der Waals surface area (Å²) in [7, 11) is -8.57. The van der Waals surface area contributed by atoms with Crippen LogP contribution in [-0.4, -0.2) is 85.9 Å². The molecule has 218 valence electrons. The fourth-order valence-electron chi connectivity index (χ4n) is 4.50. The van der Waals surface area contributed by atoms with Gasteiger partial charge in [-0.2, -0.15) is 0 Å². The Hall–Kier alpha value is 0.291. The molecular weight excluding hydrogens is 517 g/mol. The topological polar surface area (TPSA) is 83.1 Å². The molecule has 0 N–H and O–H groups in total. The Morgan fingerprint density at radius 1 is 0.389 bits per heavy atom. The lowest BCUT2D eigenvalue weighted by molar-refractivity contribution is 0.0531. The lowest BCUT2D eigenvalue weighted by Crippen LogP contribution is -2.52. The summed E-state index contributed by atoms with van der Waals surface area (Å²) in [6.07, 6.45) is 2.46. The number of hydrogen-bond acceptors (Lipinski definition) is 9. The Kier molecular flexibility index (Phi) is 21.3. The highest BCUT2D eigenvalue weighted by Gasteiger charge is 2.51. The zero-order valence-electron chi connectivity index (χ0n) is 24.7. The van der Waals surface area contributed by atoms with Crippen molar-refractivity contribution in [2.75, 3.05) is 59.5 Å². The van der Waals surface area contributed by atoms with Crippen molar-refractivity contribution < 1.29 is 39.8 Å². The Labute approximate surface area is 224 Å². The zero-order valence-corrected chi connectivity index (χ0v) is 27.7. The standard InChI is InChI=1S/C24H56O9Si3/c1-10-25-34(26-11-2,27-12-3)22-19-20-24(36(31-16-7,32-17-8)33-18-9)21-23-35(28-13-4,29-14-5)30-15-6/h24H,10-23H2,1-9H3. The smallest absolute Gasteiger partial charge is 0.374 e. The van der Waals surface area contributed by atoms with Gasteiger partial charge in [-0.1, -0.05) is 0 Å². The van der Waals surface area contributed by atoms with E-state index >= 15 is 0 Å². The van der Waals surface area contributed by atoms with E-state index in [-0.39, 0.29) is 5.54 Å². The van der Waals surface area contributed by atoms with Gasteiger partial charge >= 0.3 is 26.4 Å². The second-order valence-corrected chi connectivity index (χ2v) is 16.3. The molecule has 0 aliphatic rings. The molecule has 0 aromatic rings. The summed E-state index contributed by atoms with van der Waals surface area (Å²) in [5.41, 5.74) is 0.0576. The van der Waals surface area contributed by atoms with E-state index in [1.54, 1.807) is 0 Å². The number of hydrogen-bond donors (Lipinski definition) is 0. The second-order valence-electron chi connectivity index (χ2n) is 7.99. The summed E-state index contributed by atoms with van der Waals surface area (Å²) >= 11 is 0. The van der Waals surface area contributed by atoms with E-state index in [2.05, 4.69) is 0 Å². The highest BCUT2D eigenvalue weighted by Crippen LogP contribution is 2.38. The van der Waals surface area contributed by atoms with Gasteiger partial charge in [0.05, 0.1) is 0 Å². The van der Waals surface area contributed by atoms with Crippen molar-refractivity contribution in [3.8, 4) is 0 Å². The summed E-state index contributed by atoms with van der Waals surface area (Å²) in [5.74, 6) is 0. The van der Waals surface area contributed by atoms with Crippen molar-refractivity contribution in [2.45, 2.75) is 99.2 Å². The van der Waals surface area contributed by atoms with E-state index in [9.17, 15) is 0 Å². The molecular formula is C24H56O9Si3. The summed E-state index contributed by atoms with van der Waals surface area (Å²) < 4.78 is 55.7. The first-order valence-corrected chi connectivity index (χ1v) is 19.8. The molecule has 0 aromatic heterocycles. The molecule has 1 unspecified atom stereocenters. The van der Waals surface area contributed by atoms with Gasteiger partial charge in [-0.25, -0.2) is 0 Å². The van der Waals surface area contributed by atoms with Crippen molar-refractivity contribution in [3.05, 3.63) is 0 Å². The highest BCUT2D eigenvalue weighted by atomic mass is 28.4. The van der Waals surface area contributed by atoms with E-state index < -0.39 is 26.4 Å². The monoisotopic (exact) mass is 572 g/mol. The van der Waals surface area contributed by atoms with E-state index in [1.807, 2.05) is 62.3 Å². The zero-order chi connectivity index (χ0) is 27.3. The first-order chi connectivity index (χ1) is 17.4.